The maximum absolute atomic E-state index is 4.13. The average molecular weight is 105 g/mol. The molecule has 0 N–H and O–H groups in total. The Labute approximate surface area is 40.5 Å². The number of nitrogens with zero attached hydrogens (tertiary/aromatic N) is 1. The predicted octanol–water partition coefficient (Wildman–Crippen LogP) is 1.81. The molecular formula is C4H12NP. The van der Waals surface area contributed by atoms with E-state index in [1.165, 1.54) is 0 Å². The molecule has 6 heavy (non-hydrogen) atoms. The minimum Gasteiger partial charge on any atom is -0.494 e. The Morgan fingerprint density at radius 3 is 1.33 bits per heavy atom. The van der Waals surface area contributed by atoms with Gasteiger partial charge in [-0.25, -0.2) is 0 Å². The smallest absolute Gasteiger partial charge is 0.0354 e. The Morgan fingerprint density at radius 2 is 1.33 bits per heavy atom. The molecule has 0 aromatic rings. The van der Waals surface area contributed by atoms with Crippen molar-refractivity contribution < 1.29 is 0 Å². The molecule has 0 aliphatic heterocycles. The third kappa shape index (κ3) is 4.39. The first kappa shape index (κ1) is 6.39. The van der Waals surface area contributed by atoms with Crippen molar-refractivity contribution in [3.63, 3.8) is 0 Å². The average Bonchev–Trinajstić information content (AvgIpc) is 1.35. The SMILES string of the molecule is C[N-][P+](C)(C)C. The van der Waals surface area contributed by atoms with Gasteiger partial charge in [-0.3, -0.25) is 0 Å². The Kier molecular flexibility index (Phi) is 2.03. The van der Waals surface area contributed by atoms with Crippen LogP contribution in [0.5, 0.6) is 0 Å². The lowest BCUT2D eigenvalue weighted by Gasteiger charge is -2.21. The van der Waals surface area contributed by atoms with Crippen molar-refractivity contribution in [3.8, 4) is 0 Å². The number of hydrogen-bond acceptors (Lipinski definition) is 0. The van der Waals surface area contributed by atoms with Gasteiger partial charge in [-0.2, -0.15) is 0 Å². The summed E-state index contributed by atoms with van der Waals surface area (Å²) in [5.41, 5.74) is 0. The van der Waals surface area contributed by atoms with Crippen molar-refractivity contribution in [3.05, 3.63) is 5.09 Å². The first-order chi connectivity index (χ1) is 2.56. The van der Waals surface area contributed by atoms with E-state index in [9.17, 15) is 0 Å². The highest BCUT2D eigenvalue weighted by molar-refractivity contribution is 7.76. The summed E-state index contributed by atoms with van der Waals surface area (Å²) in [7, 11) is 1.11. The molecule has 0 aliphatic rings. The van der Waals surface area contributed by atoms with Gasteiger partial charge in [0.1, 0.15) is 0 Å². The van der Waals surface area contributed by atoms with Crippen LogP contribution in [-0.4, -0.2) is 27.0 Å². The van der Waals surface area contributed by atoms with Gasteiger partial charge in [-0.1, -0.05) is 7.41 Å². The molecule has 0 aliphatic carbocycles. The van der Waals surface area contributed by atoms with Crippen molar-refractivity contribution in [1.82, 2.24) is 0 Å². The first-order valence-electron chi connectivity index (χ1n) is 1.99. The molecule has 0 unspecified atom stereocenters. The predicted molar refractivity (Wildman–Crippen MR) is 34.0 cm³/mol. The maximum atomic E-state index is 4.13. The van der Waals surface area contributed by atoms with Crippen LogP contribution in [0.4, 0.5) is 0 Å². The van der Waals surface area contributed by atoms with Gasteiger partial charge >= 0.3 is 0 Å². The fourth-order valence-electron chi connectivity index (χ4n) is 0. The lowest BCUT2D eigenvalue weighted by Crippen LogP contribution is -1.76. The first-order valence-corrected chi connectivity index (χ1v) is 5.07. The fourth-order valence-corrected chi connectivity index (χ4v) is 0. The van der Waals surface area contributed by atoms with E-state index in [1.54, 1.807) is 0 Å². The molecule has 0 bridgehead atoms. The van der Waals surface area contributed by atoms with Gasteiger partial charge in [0.05, 0.1) is 0 Å². The third-order valence-electron chi connectivity index (χ3n) is 0.600. The van der Waals surface area contributed by atoms with Crippen LogP contribution in [0, 0.1) is 0 Å². The zero-order chi connectivity index (χ0) is 5.21. The lowest BCUT2D eigenvalue weighted by molar-refractivity contribution is 1.80. The van der Waals surface area contributed by atoms with Crippen LogP contribution < -0.4 is 0 Å². The molecule has 0 amide bonds. The van der Waals surface area contributed by atoms with Crippen LogP contribution in [0.25, 0.3) is 5.09 Å². The second-order valence-corrected chi connectivity index (χ2v) is 6.42. The molecule has 0 radical (unpaired) electrons. The van der Waals surface area contributed by atoms with Gasteiger partial charge in [-0.15, -0.1) is 7.05 Å². The number of hydrogen-bond donors (Lipinski definition) is 0. The highest BCUT2D eigenvalue weighted by atomic mass is 31.2. The molecule has 0 fully saturated rings. The molecular weight excluding hydrogens is 93.0 g/mol. The number of rotatable bonds is 1. The second kappa shape index (κ2) is 1.90. The summed E-state index contributed by atoms with van der Waals surface area (Å²) in [4.78, 5) is 0. The summed E-state index contributed by atoms with van der Waals surface area (Å²) in [5, 5.41) is 4.13. The largest absolute Gasteiger partial charge is 0.494 e. The molecule has 0 aromatic heterocycles. The van der Waals surface area contributed by atoms with Crippen LogP contribution in [0.3, 0.4) is 0 Å². The lowest BCUT2D eigenvalue weighted by atomic mass is 11.6. The molecule has 0 rings (SSSR count). The second-order valence-electron chi connectivity index (χ2n) is 2.14. The summed E-state index contributed by atoms with van der Waals surface area (Å²) >= 11 is 0. The van der Waals surface area contributed by atoms with Crippen LogP contribution in [0.15, 0.2) is 0 Å². The molecule has 0 aromatic carbocycles. The summed E-state index contributed by atoms with van der Waals surface area (Å²) in [5.74, 6) is 0. The van der Waals surface area contributed by atoms with E-state index in [4.69, 9.17) is 0 Å². The van der Waals surface area contributed by atoms with E-state index >= 15 is 0 Å². The summed E-state index contributed by atoms with van der Waals surface area (Å²) in [6.07, 6.45) is 0. The summed E-state index contributed by atoms with van der Waals surface area (Å²) < 4.78 is 0. The van der Waals surface area contributed by atoms with E-state index in [2.05, 4.69) is 25.1 Å². The summed E-state index contributed by atoms with van der Waals surface area (Å²) in [6.45, 7) is 6.56. The van der Waals surface area contributed by atoms with E-state index in [0.717, 1.165) is 0 Å². The molecule has 0 atom stereocenters. The van der Waals surface area contributed by atoms with E-state index in [1.807, 2.05) is 7.05 Å². The van der Waals surface area contributed by atoms with Gasteiger partial charge < -0.3 is 5.09 Å². The highest BCUT2D eigenvalue weighted by Gasteiger charge is 1.98. The van der Waals surface area contributed by atoms with Crippen LogP contribution in [-0.2, 0) is 0 Å². The van der Waals surface area contributed by atoms with Crippen molar-refractivity contribution in [2.45, 2.75) is 0 Å². The normalized spacial score (nSPS) is 12.0. The molecule has 38 valence electrons. The molecule has 2 heteroatoms. The molecule has 1 nitrogen and oxygen atoms in total. The Bertz CT molecular complexity index is 37.3. The van der Waals surface area contributed by atoms with E-state index in [-0.39, 0.29) is 0 Å². The maximum Gasteiger partial charge on any atom is 0.0354 e. The van der Waals surface area contributed by atoms with Crippen molar-refractivity contribution in [1.29, 1.82) is 0 Å². The Balaban J connectivity index is 3.17. The molecule has 0 saturated carbocycles. The van der Waals surface area contributed by atoms with Gasteiger partial charge in [0.25, 0.3) is 0 Å². The molecule has 0 heterocycles. The van der Waals surface area contributed by atoms with Gasteiger partial charge in [0, 0.05) is 20.0 Å². The zero-order valence-electron chi connectivity index (χ0n) is 4.89. The molecule has 0 spiro atoms. The topological polar surface area (TPSA) is 14.1 Å². The van der Waals surface area contributed by atoms with Crippen molar-refractivity contribution in [2.24, 2.45) is 0 Å². The van der Waals surface area contributed by atoms with Crippen LogP contribution >= 0.6 is 7.41 Å². The minimum absolute atomic E-state index is 0.772. The third-order valence-corrected chi connectivity index (χ3v) is 1.80. The van der Waals surface area contributed by atoms with Crippen LogP contribution in [0.2, 0.25) is 0 Å². The van der Waals surface area contributed by atoms with E-state index < -0.39 is 7.41 Å². The van der Waals surface area contributed by atoms with Crippen LogP contribution in [0.1, 0.15) is 0 Å². The van der Waals surface area contributed by atoms with Gasteiger partial charge in [0.15, 0.2) is 0 Å². The van der Waals surface area contributed by atoms with Gasteiger partial charge in [-0.05, 0) is 0 Å². The zero-order valence-corrected chi connectivity index (χ0v) is 5.79. The Morgan fingerprint density at radius 1 is 1.17 bits per heavy atom. The van der Waals surface area contributed by atoms with Gasteiger partial charge in [0.2, 0.25) is 0 Å². The minimum atomic E-state index is -0.772. The molecule has 0 saturated heterocycles. The fraction of sp³-hybridized carbons (Fsp3) is 1.00. The quantitative estimate of drug-likeness (QED) is 0.451. The van der Waals surface area contributed by atoms with Crippen molar-refractivity contribution >= 4 is 7.41 Å². The monoisotopic (exact) mass is 105 g/mol. The highest BCUT2D eigenvalue weighted by Crippen LogP contribution is 2.51. The van der Waals surface area contributed by atoms with Crippen molar-refractivity contribution in [2.75, 3.05) is 27.0 Å². The van der Waals surface area contributed by atoms with E-state index in [0.29, 0.717) is 0 Å². The standard InChI is InChI=1S/C4H12NP/c1-5-6(2,3)4/h1-4H3. The summed E-state index contributed by atoms with van der Waals surface area (Å²) in [6, 6.07) is 0. The Hall–Kier alpha value is 0.390.